The Morgan fingerprint density at radius 3 is 2.21 bits per heavy atom. The van der Waals surface area contributed by atoms with E-state index in [0.29, 0.717) is 18.8 Å². The van der Waals surface area contributed by atoms with Crippen molar-refractivity contribution in [1.82, 2.24) is 0 Å². The number of carbonyl (C=O) groups is 2. The van der Waals surface area contributed by atoms with Gasteiger partial charge in [0.2, 0.25) is 5.91 Å². The Morgan fingerprint density at radius 1 is 0.931 bits per heavy atom. The zero-order valence-corrected chi connectivity index (χ0v) is 16.5. The van der Waals surface area contributed by atoms with E-state index < -0.39 is 0 Å². The first-order valence-electron chi connectivity index (χ1n) is 9.32. The third-order valence-electron chi connectivity index (χ3n) is 4.54. The number of amides is 2. The number of ether oxygens (including phenoxy) is 1. The maximum Gasteiger partial charge on any atom is 0.414 e. The van der Waals surface area contributed by atoms with Crippen LogP contribution in [0.3, 0.4) is 0 Å². The van der Waals surface area contributed by atoms with Crippen LogP contribution in [0.5, 0.6) is 0 Å². The van der Waals surface area contributed by atoms with Crippen molar-refractivity contribution in [2.45, 2.75) is 10.1 Å². The molecule has 3 aromatic rings. The lowest BCUT2D eigenvalue weighted by Crippen LogP contribution is -2.23. The summed E-state index contributed by atoms with van der Waals surface area (Å²) in [7, 11) is 0. The van der Waals surface area contributed by atoms with E-state index in [1.807, 2.05) is 72.8 Å². The highest BCUT2D eigenvalue weighted by molar-refractivity contribution is 8.00. The van der Waals surface area contributed by atoms with Gasteiger partial charge in [0.05, 0.1) is 6.54 Å². The molecular formula is C23H20N2O3S. The maximum absolute atomic E-state index is 13.1. The van der Waals surface area contributed by atoms with Gasteiger partial charge in [-0.3, -0.25) is 9.69 Å². The average Bonchev–Trinajstić information content (AvgIpc) is 3.20. The molecule has 2 amide bonds. The molecule has 0 spiro atoms. The fourth-order valence-electron chi connectivity index (χ4n) is 3.10. The van der Waals surface area contributed by atoms with Gasteiger partial charge in [0.15, 0.2) is 0 Å². The molecule has 1 heterocycles. The molecule has 29 heavy (non-hydrogen) atoms. The van der Waals surface area contributed by atoms with E-state index in [0.717, 1.165) is 16.1 Å². The van der Waals surface area contributed by atoms with Gasteiger partial charge in [0.1, 0.15) is 11.9 Å². The molecule has 0 saturated carbocycles. The number of nitrogens with zero attached hydrogens (tertiary/aromatic N) is 1. The minimum absolute atomic E-state index is 0.0987. The van der Waals surface area contributed by atoms with E-state index in [-0.39, 0.29) is 17.3 Å². The first kappa shape index (κ1) is 19.1. The molecule has 1 saturated heterocycles. The molecule has 1 atom stereocenters. The van der Waals surface area contributed by atoms with Crippen LogP contribution < -0.4 is 10.2 Å². The van der Waals surface area contributed by atoms with Crippen molar-refractivity contribution in [2.24, 2.45) is 0 Å². The molecule has 4 rings (SSSR count). The van der Waals surface area contributed by atoms with Crippen molar-refractivity contribution in [3.05, 3.63) is 90.5 Å². The normalized spacial score (nSPS) is 14.3. The Kier molecular flexibility index (Phi) is 5.81. The summed E-state index contributed by atoms with van der Waals surface area (Å²) in [6.45, 7) is 0.932. The van der Waals surface area contributed by atoms with Crippen molar-refractivity contribution in [3.63, 3.8) is 0 Å². The van der Waals surface area contributed by atoms with Gasteiger partial charge in [0.25, 0.3) is 0 Å². The quantitative estimate of drug-likeness (QED) is 0.580. The maximum atomic E-state index is 13.1. The summed E-state index contributed by atoms with van der Waals surface area (Å²) in [4.78, 5) is 27.4. The largest absolute Gasteiger partial charge is 0.447 e. The Balaban J connectivity index is 1.51. The summed E-state index contributed by atoms with van der Waals surface area (Å²) >= 11 is 1.51. The molecule has 6 heteroatoms. The first-order valence-corrected chi connectivity index (χ1v) is 10.2. The molecule has 0 aliphatic carbocycles. The number of benzene rings is 3. The highest BCUT2D eigenvalue weighted by atomic mass is 32.2. The van der Waals surface area contributed by atoms with E-state index in [2.05, 4.69) is 5.32 Å². The monoisotopic (exact) mass is 404 g/mol. The molecule has 1 unspecified atom stereocenters. The fraction of sp³-hybridized carbons (Fsp3) is 0.130. The second kappa shape index (κ2) is 8.84. The molecule has 0 aromatic heterocycles. The lowest BCUT2D eigenvalue weighted by Gasteiger charge is -2.18. The molecule has 3 aromatic carbocycles. The van der Waals surface area contributed by atoms with Crippen molar-refractivity contribution in [1.29, 1.82) is 0 Å². The number of hydrogen-bond acceptors (Lipinski definition) is 4. The Morgan fingerprint density at radius 2 is 1.59 bits per heavy atom. The molecule has 0 bridgehead atoms. The number of thioether (sulfide) groups is 1. The van der Waals surface area contributed by atoms with E-state index >= 15 is 0 Å². The predicted octanol–water partition coefficient (Wildman–Crippen LogP) is 5.12. The predicted molar refractivity (Wildman–Crippen MR) is 115 cm³/mol. The zero-order chi connectivity index (χ0) is 20.1. The van der Waals surface area contributed by atoms with Crippen LogP contribution in [0.25, 0.3) is 0 Å². The number of nitrogens with one attached hydrogen (secondary N) is 1. The van der Waals surface area contributed by atoms with Crippen molar-refractivity contribution in [3.8, 4) is 0 Å². The minimum atomic E-state index is -0.383. The highest BCUT2D eigenvalue weighted by Crippen LogP contribution is 2.36. The van der Waals surface area contributed by atoms with Crippen LogP contribution in [0.4, 0.5) is 16.2 Å². The summed E-state index contributed by atoms with van der Waals surface area (Å²) in [6.07, 6.45) is -0.342. The standard InChI is InChI=1S/C23H20N2O3S/c26-22(24-18-11-13-19(14-12-18)25-15-16-28-23(25)27)21(17-7-3-1-4-8-17)29-20-9-5-2-6-10-20/h1-14,21H,15-16H2,(H,24,26). The van der Waals surface area contributed by atoms with Crippen LogP contribution >= 0.6 is 11.8 Å². The van der Waals surface area contributed by atoms with Gasteiger partial charge < -0.3 is 10.1 Å². The van der Waals surface area contributed by atoms with Gasteiger partial charge in [-0.25, -0.2) is 4.79 Å². The van der Waals surface area contributed by atoms with Crippen molar-refractivity contribution in [2.75, 3.05) is 23.4 Å². The zero-order valence-electron chi connectivity index (χ0n) is 15.7. The van der Waals surface area contributed by atoms with E-state index in [9.17, 15) is 9.59 Å². The number of rotatable bonds is 6. The van der Waals surface area contributed by atoms with Gasteiger partial charge in [-0.05, 0) is 42.0 Å². The Hall–Kier alpha value is -3.25. The lowest BCUT2D eigenvalue weighted by atomic mass is 10.1. The first-order chi connectivity index (χ1) is 14.2. The fourth-order valence-corrected chi connectivity index (χ4v) is 4.14. The molecule has 1 fully saturated rings. The highest BCUT2D eigenvalue weighted by Gasteiger charge is 2.24. The Labute approximate surface area is 173 Å². The molecule has 146 valence electrons. The summed E-state index contributed by atoms with van der Waals surface area (Å²) in [6, 6.07) is 26.8. The van der Waals surface area contributed by atoms with Crippen molar-refractivity contribution < 1.29 is 14.3 Å². The SMILES string of the molecule is O=C(Nc1ccc(N2CCOC2=O)cc1)C(Sc1ccccc1)c1ccccc1. The van der Waals surface area contributed by atoms with Crippen LogP contribution in [0.2, 0.25) is 0 Å². The second-order valence-electron chi connectivity index (χ2n) is 6.52. The summed E-state index contributed by atoms with van der Waals surface area (Å²) in [5.41, 5.74) is 2.37. The third kappa shape index (κ3) is 4.60. The van der Waals surface area contributed by atoms with Crippen molar-refractivity contribution >= 4 is 35.1 Å². The van der Waals surface area contributed by atoms with E-state index in [4.69, 9.17) is 4.74 Å². The molecule has 5 nitrogen and oxygen atoms in total. The van der Waals surface area contributed by atoms with Crippen LogP contribution in [0.15, 0.2) is 89.8 Å². The number of carbonyl (C=O) groups excluding carboxylic acids is 2. The summed E-state index contributed by atoms with van der Waals surface area (Å²) in [5, 5.41) is 2.61. The van der Waals surface area contributed by atoms with Gasteiger partial charge in [-0.1, -0.05) is 48.5 Å². The topological polar surface area (TPSA) is 58.6 Å². The molecule has 0 radical (unpaired) electrons. The molecule has 1 aliphatic heterocycles. The van der Waals surface area contributed by atoms with Crippen LogP contribution in [0.1, 0.15) is 10.8 Å². The lowest BCUT2D eigenvalue weighted by molar-refractivity contribution is -0.115. The third-order valence-corrected chi connectivity index (χ3v) is 5.81. The number of hydrogen-bond donors (Lipinski definition) is 1. The number of cyclic esters (lactones) is 1. The Bertz CT molecular complexity index is 978. The van der Waals surface area contributed by atoms with Gasteiger partial charge in [-0.2, -0.15) is 0 Å². The van der Waals surface area contributed by atoms with E-state index in [1.165, 1.54) is 11.8 Å². The van der Waals surface area contributed by atoms with Crippen LogP contribution in [0, 0.1) is 0 Å². The summed E-state index contributed by atoms with van der Waals surface area (Å²) in [5.74, 6) is -0.0987. The van der Waals surface area contributed by atoms with Gasteiger partial charge >= 0.3 is 6.09 Å². The van der Waals surface area contributed by atoms with Crippen LogP contribution in [-0.4, -0.2) is 25.2 Å². The van der Waals surface area contributed by atoms with Gasteiger partial charge in [0, 0.05) is 16.3 Å². The second-order valence-corrected chi connectivity index (χ2v) is 7.70. The smallest absolute Gasteiger partial charge is 0.414 e. The number of anilines is 2. The summed E-state index contributed by atoms with van der Waals surface area (Å²) < 4.78 is 4.97. The molecular weight excluding hydrogens is 384 g/mol. The van der Waals surface area contributed by atoms with Gasteiger partial charge in [-0.15, -0.1) is 11.8 Å². The average molecular weight is 404 g/mol. The molecule has 1 N–H and O–H groups in total. The van der Waals surface area contributed by atoms with E-state index in [1.54, 1.807) is 17.0 Å². The molecule has 1 aliphatic rings. The van der Waals surface area contributed by atoms with Crippen LogP contribution in [-0.2, 0) is 9.53 Å². The minimum Gasteiger partial charge on any atom is -0.447 e.